The number of carbonyl (C=O) groups excluding carboxylic acids is 6. The summed E-state index contributed by atoms with van der Waals surface area (Å²) in [7, 11) is 0. The van der Waals surface area contributed by atoms with Crippen molar-refractivity contribution in [1.29, 1.82) is 0 Å². The SMILES string of the molecule is CC(=O)[C@H](CCC(=O)C(C)(C)C)NC(=O)CC[C@H](NC(=O)CC[C@H](NC(=O)CC[C@H](NC(=O)CCCCCCCCCCCCCCCCC(=O)O)C(=O)O)C(=O)O)C(=O)O. The molecule has 0 fully saturated rings. The van der Waals surface area contributed by atoms with Crippen molar-refractivity contribution in [2.45, 2.75) is 206 Å². The molecule has 0 heterocycles. The summed E-state index contributed by atoms with van der Waals surface area (Å²) in [5.41, 5.74) is -0.627. The Morgan fingerprint density at radius 2 is 0.639 bits per heavy atom. The third-order valence-corrected chi connectivity index (χ3v) is 10.2. The molecule has 0 aliphatic heterocycles. The van der Waals surface area contributed by atoms with E-state index in [2.05, 4.69) is 21.3 Å². The highest BCUT2D eigenvalue weighted by molar-refractivity contribution is 5.90. The number of aliphatic carboxylic acids is 4. The quantitative estimate of drug-likeness (QED) is 0.0388. The van der Waals surface area contributed by atoms with Crippen LogP contribution in [0.5, 0.6) is 0 Å². The van der Waals surface area contributed by atoms with Crippen molar-refractivity contribution < 1.29 is 68.4 Å². The third-order valence-electron chi connectivity index (χ3n) is 10.2. The van der Waals surface area contributed by atoms with Crippen molar-refractivity contribution in [2.75, 3.05) is 0 Å². The standard InChI is InChI=1S/C43H72N4O14/c1-29(48)30(21-25-34(49)43(2,3)4)44-36(51)26-22-32(41(58)59)46-38(53)28-24-33(42(60)61)47-37(52)27-23-31(40(56)57)45-35(50)19-17-15-13-11-9-7-5-6-8-10-12-14-16-18-20-39(54)55/h30-33H,5-28H2,1-4H3,(H,44,51)(H,45,50)(H,46,53)(H,47,52)(H,54,55)(H,56,57)(H,58,59)(H,60,61)/t30-,31-,32-,33-/m0/s1. The molecular formula is C43H72N4O14. The van der Waals surface area contributed by atoms with Gasteiger partial charge in [0.25, 0.3) is 0 Å². The molecule has 0 aliphatic rings. The smallest absolute Gasteiger partial charge is 0.326 e. The largest absolute Gasteiger partial charge is 0.481 e. The predicted molar refractivity (Wildman–Crippen MR) is 224 cm³/mol. The highest BCUT2D eigenvalue weighted by Crippen LogP contribution is 2.19. The molecule has 8 N–H and O–H groups in total. The number of Topliss-reactive ketones (excluding diaryl/α,β-unsaturated/α-hetero) is 2. The fourth-order valence-corrected chi connectivity index (χ4v) is 6.38. The van der Waals surface area contributed by atoms with Crippen LogP contribution >= 0.6 is 0 Å². The Bertz CT molecular complexity index is 1440. The lowest BCUT2D eigenvalue weighted by Crippen LogP contribution is -2.45. The van der Waals surface area contributed by atoms with Crippen LogP contribution in [-0.4, -0.2) is 104 Å². The zero-order chi connectivity index (χ0) is 46.4. The fraction of sp³-hybridized carbons (Fsp3) is 0.767. The molecule has 0 spiro atoms. The second-order valence-corrected chi connectivity index (χ2v) is 16.8. The average Bonchev–Trinajstić information content (AvgIpc) is 3.16. The molecule has 61 heavy (non-hydrogen) atoms. The first kappa shape index (κ1) is 56.1. The van der Waals surface area contributed by atoms with Gasteiger partial charge in [-0.25, -0.2) is 14.4 Å². The number of nitrogens with one attached hydrogen (secondary N) is 4. The van der Waals surface area contributed by atoms with Gasteiger partial charge in [0, 0.05) is 43.9 Å². The van der Waals surface area contributed by atoms with Crippen molar-refractivity contribution in [2.24, 2.45) is 5.41 Å². The number of ketones is 2. The Balaban J connectivity index is 4.55. The third kappa shape index (κ3) is 29.9. The van der Waals surface area contributed by atoms with E-state index in [1.165, 1.54) is 32.6 Å². The van der Waals surface area contributed by atoms with E-state index in [0.717, 1.165) is 57.8 Å². The van der Waals surface area contributed by atoms with Crippen LogP contribution in [0.2, 0.25) is 0 Å². The van der Waals surface area contributed by atoms with Crippen LogP contribution in [0.4, 0.5) is 0 Å². The molecule has 0 saturated heterocycles. The van der Waals surface area contributed by atoms with E-state index in [1.807, 2.05) is 0 Å². The summed E-state index contributed by atoms with van der Waals surface area (Å²) in [6, 6.07) is -5.44. The molecule has 0 radical (unpaired) electrons. The number of hydrogen-bond donors (Lipinski definition) is 8. The van der Waals surface area contributed by atoms with Gasteiger partial charge in [-0.1, -0.05) is 97.8 Å². The second-order valence-electron chi connectivity index (χ2n) is 16.8. The lowest BCUT2D eigenvalue weighted by molar-refractivity contribution is -0.144. The van der Waals surface area contributed by atoms with Gasteiger partial charge in [-0.05, 0) is 45.4 Å². The zero-order valence-corrected chi connectivity index (χ0v) is 36.7. The van der Waals surface area contributed by atoms with E-state index < -0.39 is 96.4 Å². The number of carboxylic acid groups (broad SMARTS) is 4. The summed E-state index contributed by atoms with van der Waals surface area (Å²) in [6.45, 7) is 6.45. The monoisotopic (exact) mass is 869 g/mol. The Hall–Kier alpha value is -4.90. The Morgan fingerprint density at radius 1 is 0.377 bits per heavy atom. The normalized spacial score (nSPS) is 13.2. The average molecular weight is 869 g/mol. The highest BCUT2D eigenvalue weighted by Gasteiger charge is 2.28. The zero-order valence-electron chi connectivity index (χ0n) is 36.7. The Kier molecular flexibility index (Phi) is 29.3. The van der Waals surface area contributed by atoms with Crippen LogP contribution in [0.15, 0.2) is 0 Å². The summed E-state index contributed by atoms with van der Waals surface area (Å²) >= 11 is 0. The van der Waals surface area contributed by atoms with Gasteiger partial charge in [0.15, 0.2) is 5.78 Å². The van der Waals surface area contributed by atoms with Crippen LogP contribution in [0.25, 0.3) is 0 Å². The molecule has 0 aromatic carbocycles. The Labute approximate surface area is 359 Å². The number of rotatable bonds is 37. The van der Waals surface area contributed by atoms with Gasteiger partial charge in [0.1, 0.15) is 23.9 Å². The van der Waals surface area contributed by atoms with E-state index in [9.17, 15) is 63.3 Å². The molecule has 0 aromatic rings. The lowest BCUT2D eigenvalue weighted by Gasteiger charge is -2.20. The number of carboxylic acids is 4. The second kappa shape index (κ2) is 31.9. The molecule has 4 atom stereocenters. The molecule has 0 aliphatic carbocycles. The number of hydrogen-bond acceptors (Lipinski definition) is 10. The van der Waals surface area contributed by atoms with Gasteiger partial charge in [-0.3, -0.25) is 33.6 Å². The van der Waals surface area contributed by atoms with Crippen LogP contribution in [0.1, 0.15) is 182 Å². The minimum Gasteiger partial charge on any atom is -0.481 e. The van der Waals surface area contributed by atoms with Crippen molar-refractivity contribution in [3.63, 3.8) is 0 Å². The molecule has 0 rings (SSSR count). The molecule has 0 aromatic heterocycles. The first-order chi connectivity index (χ1) is 28.6. The summed E-state index contributed by atoms with van der Waals surface area (Å²) in [4.78, 5) is 120. The molecule has 18 nitrogen and oxygen atoms in total. The lowest BCUT2D eigenvalue weighted by atomic mass is 9.87. The molecule has 0 saturated carbocycles. The summed E-state index contributed by atoms with van der Waals surface area (Å²) in [5.74, 6) is -8.39. The first-order valence-electron chi connectivity index (χ1n) is 21.7. The van der Waals surface area contributed by atoms with Crippen LogP contribution in [0.3, 0.4) is 0 Å². The van der Waals surface area contributed by atoms with Gasteiger partial charge in [0.2, 0.25) is 23.6 Å². The van der Waals surface area contributed by atoms with E-state index in [1.54, 1.807) is 20.8 Å². The van der Waals surface area contributed by atoms with Crippen LogP contribution in [0, 0.1) is 5.41 Å². The van der Waals surface area contributed by atoms with E-state index in [0.29, 0.717) is 6.42 Å². The van der Waals surface area contributed by atoms with Crippen molar-refractivity contribution in [1.82, 2.24) is 21.3 Å². The number of carbonyl (C=O) groups is 10. The van der Waals surface area contributed by atoms with Gasteiger partial charge in [-0.2, -0.15) is 0 Å². The summed E-state index contributed by atoms with van der Waals surface area (Å²) in [6.07, 6.45) is 12.3. The molecule has 0 bridgehead atoms. The number of amides is 4. The minimum atomic E-state index is -1.57. The van der Waals surface area contributed by atoms with Gasteiger partial charge >= 0.3 is 23.9 Å². The molecule has 348 valence electrons. The molecule has 0 unspecified atom stereocenters. The predicted octanol–water partition coefficient (Wildman–Crippen LogP) is 4.83. The maximum atomic E-state index is 12.6. The summed E-state index contributed by atoms with van der Waals surface area (Å²) in [5, 5.41) is 46.8. The fourth-order valence-electron chi connectivity index (χ4n) is 6.38. The van der Waals surface area contributed by atoms with E-state index >= 15 is 0 Å². The van der Waals surface area contributed by atoms with Gasteiger partial charge < -0.3 is 41.7 Å². The van der Waals surface area contributed by atoms with Crippen molar-refractivity contribution in [3.05, 3.63) is 0 Å². The summed E-state index contributed by atoms with van der Waals surface area (Å²) < 4.78 is 0. The highest BCUT2D eigenvalue weighted by atomic mass is 16.4. The topological polar surface area (TPSA) is 300 Å². The van der Waals surface area contributed by atoms with Gasteiger partial charge in [0.05, 0.1) is 6.04 Å². The van der Waals surface area contributed by atoms with Crippen molar-refractivity contribution >= 4 is 59.1 Å². The van der Waals surface area contributed by atoms with Crippen LogP contribution in [-0.2, 0) is 47.9 Å². The molecule has 4 amide bonds. The number of unbranched alkanes of at least 4 members (excludes halogenated alkanes) is 13. The minimum absolute atomic E-state index is 0.0492. The molecular weight excluding hydrogens is 796 g/mol. The van der Waals surface area contributed by atoms with Crippen LogP contribution < -0.4 is 21.3 Å². The van der Waals surface area contributed by atoms with E-state index in [-0.39, 0.29) is 56.5 Å². The Morgan fingerprint density at radius 3 is 0.918 bits per heavy atom. The maximum absolute atomic E-state index is 12.6. The maximum Gasteiger partial charge on any atom is 0.326 e. The van der Waals surface area contributed by atoms with Crippen molar-refractivity contribution in [3.8, 4) is 0 Å². The first-order valence-corrected chi connectivity index (χ1v) is 21.7. The van der Waals surface area contributed by atoms with Gasteiger partial charge in [-0.15, -0.1) is 0 Å². The van der Waals surface area contributed by atoms with E-state index in [4.69, 9.17) is 5.11 Å². The molecule has 18 heteroatoms.